The molecule has 0 bridgehead atoms. The monoisotopic (exact) mass is 368 g/mol. The number of nitrogen functional groups attached to an aromatic ring is 1. The van der Waals surface area contributed by atoms with Crippen LogP contribution in [0.3, 0.4) is 0 Å². The molecule has 2 aromatic rings. The summed E-state index contributed by atoms with van der Waals surface area (Å²) in [4.78, 5) is 29.5. The molecule has 7 heteroatoms. The number of unbranched alkanes of at least 4 members (excludes halogenated alkanes) is 1. The maximum atomic E-state index is 12.8. The van der Waals surface area contributed by atoms with Gasteiger partial charge < -0.3 is 15.6 Å². The highest BCUT2D eigenvalue weighted by molar-refractivity contribution is 5.94. The molecule has 3 N–H and O–H groups in total. The molecule has 1 saturated heterocycles. The van der Waals surface area contributed by atoms with Gasteiger partial charge in [0.25, 0.3) is 5.91 Å². The van der Waals surface area contributed by atoms with E-state index in [2.05, 4.69) is 21.8 Å². The highest BCUT2D eigenvalue weighted by Gasteiger charge is 2.46. The van der Waals surface area contributed by atoms with Crippen LogP contribution in [0, 0.1) is 0 Å². The van der Waals surface area contributed by atoms with Gasteiger partial charge in [-0.05, 0) is 37.9 Å². The number of hydrogen-bond acceptors (Lipinski definition) is 5. The van der Waals surface area contributed by atoms with Crippen LogP contribution in [0.4, 0.5) is 5.82 Å². The first kappa shape index (κ1) is 18.0. The molecule has 0 saturated carbocycles. The molecule has 1 amide bonds. The Morgan fingerprint density at radius 1 is 1.26 bits per heavy atom. The number of aromatic amines is 1. The first-order valence-electron chi connectivity index (χ1n) is 9.92. The normalized spacial score (nSPS) is 19.2. The molecule has 4 rings (SSSR count). The molecular formula is C20H28N6O. The van der Waals surface area contributed by atoms with E-state index in [1.807, 2.05) is 11.2 Å². The van der Waals surface area contributed by atoms with Gasteiger partial charge in [0.1, 0.15) is 5.82 Å². The van der Waals surface area contributed by atoms with Crippen molar-refractivity contribution in [3.05, 3.63) is 41.6 Å². The summed E-state index contributed by atoms with van der Waals surface area (Å²) in [5, 5.41) is 0. The van der Waals surface area contributed by atoms with Crippen molar-refractivity contribution in [2.75, 3.05) is 31.9 Å². The zero-order valence-electron chi connectivity index (χ0n) is 15.9. The molecule has 1 fully saturated rings. The highest BCUT2D eigenvalue weighted by atomic mass is 16.2. The molecule has 1 spiro atoms. The largest absolute Gasteiger partial charge is 0.384 e. The molecule has 0 unspecified atom stereocenters. The number of aromatic nitrogens is 3. The second-order valence-corrected chi connectivity index (χ2v) is 7.62. The van der Waals surface area contributed by atoms with Crippen molar-refractivity contribution >= 4 is 11.7 Å². The van der Waals surface area contributed by atoms with Crippen LogP contribution in [-0.2, 0) is 12.0 Å². The lowest BCUT2D eigenvalue weighted by molar-refractivity contribution is 0.00630. The van der Waals surface area contributed by atoms with Crippen molar-refractivity contribution in [3.8, 4) is 0 Å². The lowest BCUT2D eigenvalue weighted by atomic mass is 9.78. The van der Waals surface area contributed by atoms with E-state index in [1.165, 1.54) is 24.2 Å². The highest BCUT2D eigenvalue weighted by Crippen LogP contribution is 2.42. The van der Waals surface area contributed by atoms with Gasteiger partial charge in [-0.3, -0.25) is 9.69 Å². The number of H-pyrrole nitrogens is 1. The number of rotatable bonds is 4. The number of nitrogens with two attached hydrogens (primary N) is 1. The minimum atomic E-state index is -0.0428. The molecule has 0 aromatic carbocycles. The molecule has 0 radical (unpaired) electrons. The first-order valence-corrected chi connectivity index (χ1v) is 9.92. The van der Waals surface area contributed by atoms with E-state index in [9.17, 15) is 4.79 Å². The van der Waals surface area contributed by atoms with Crippen LogP contribution >= 0.6 is 0 Å². The van der Waals surface area contributed by atoms with E-state index >= 15 is 0 Å². The third kappa shape index (κ3) is 3.20. The Kier molecular flexibility index (Phi) is 4.86. The molecule has 2 aromatic heterocycles. The summed E-state index contributed by atoms with van der Waals surface area (Å²) in [5.74, 6) is 0.472. The van der Waals surface area contributed by atoms with Crippen LogP contribution in [-0.4, -0.2) is 56.8 Å². The molecule has 144 valence electrons. The number of hydrogen-bond donors (Lipinski definition) is 2. The van der Waals surface area contributed by atoms with Crippen molar-refractivity contribution in [3.63, 3.8) is 0 Å². The quantitative estimate of drug-likeness (QED) is 0.863. The van der Waals surface area contributed by atoms with Gasteiger partial charge in [0.2, 0.25) is 0 Å². The van der Waals surface area contributed by atoms with Crippen molar-refractivity contribution in [1.82, 2.24) is 24.8 Å². The average Bonchev–Trinajstić information content (AvgIpc) is 3.18. The summed E-state index contributed by atoms with van der Waals surface area (Å²) >= 11 is 0. The van der Waals surface area contributed by atoms with Crippen LogP contribution in [0.25, 0.3) is 0 Å². The topological polar surface area (TPSA) is 91.1 Å². The van der Waals surface area contributed by atoms with Gasteiger partial charge in [-0.2, -0.15) is 0 Å². The smallest absolute Gasteiger partial charge is 0.255 e. The van der Waals surface area contributed by atoms with E-state index in [1.54, 1.807) is 18.3 Å². The molecule has 27 heavy (non-hydrogen) atoms. The predicted molar refractivity (Wildman–Crippen MR) is 104 cm³/mol. The Balaban J connectivity index is 1.53. The lowest BCUT2D eigenvalue weighted by Crippen LogP contribution is -2.57. The van der Waals surface area contributed by atoms with Gasteiger partial charge in [0, 0.05) is 37.9 Å². The fraction of sp³-hybridized carbons (Fsp3) is 0.550. The Morgan fingerprint density at radius 3 is 2.78 bits per heavy atom. The SMILES string of the molecule is CCCCN1CCc2[nH]cnc2C12CCN(C(=O)c1ccc(N)nc1)CC2. The maximum absolute atomic E-state index is 12.8. The number of imidazole rings is 1. The standard InChI is InChI=1S/C20H28N6O/c1-2-3-9-26-10-6-16-18(24-14-23-16)20(26)7-11-25(12-8-20)19(27)15-4-5-17(21)22-13-15/h4-5,13-14H,2-3,6-12H2,1H3,(H2,21,22)(H,23,24). The number of fused-ring (bicyclic) bond motifs is 2. The molecule has 4 heterocycles. The van der Waals surface area contributed by atoms with Crippen molar-refractivity contribution in [2.24, 2.45) is 0 Å². The third-order valence-corrected chi connectivity index (χ3v) is 6.09. The Morgan fingerprint density at radius 2 is 2.07 bits per heavy atom. The van der Waals surface area contributed by atoms with Crippen molar-refractivity contribution in [2.45, 2.75) is 44.6 Å². The molecule has 0 atom stereocenters. The lowest BCUT2D eigenvalue weighted by Gasteiger charge is -2.50. The van der Waals surface area contributed by atoms with Gasteiger partial charge in [0.15, 0.2) is 0 Å². The summed E-state index contributed by atoms with van der Waals surface area (Å²) < 4.78 is 0. The zero-order chi connectivity index (χ0) is 18.9. The fourth-order valence-electron chi connectivity index (χ4n) is 4.55. The molecule has 7 nitrogen and oxygen atoms in total. The Bertz CT molecular complexity index is 791. The summed E-state index contributed by atoms with van der Waals surface area (Å²) in [7, 11) is 0. The van der Waals surface area contributed by atoms with E-state index in [-0.39, 0.29) is 11.4 Å². The maximum Gasteiger partial charge on any atom is 0.255 e. The number of piperidine rings is 1. The van der Waals surface area contributed by atoms with Crippen LogP contribution < -0.4 is 5.73 Å². The molecule has 0 aliphatic carbocycles. The summed E-state index contributed by atoms with van der Waals surface area (Å²) in [5.41, 5.74) is 8.67. The number of likely N-dealkylation sites (tertiary alicyclic amines) is 1. The summed E-state index contributed by atoms with van der Waals surface area (Å²) in [6.45, 7) is 5.86. The van der Waals surface area contributed by atoms with Gasteiger partial charge in [0.05, 0.1) is 23.1 Å². The van der Waals surface area contributed by atoms with Crippen molar-refractivity contribution < 1.29 is 4.79 Å². The number of amides is 1. The number of carbonyl (C=O) groups excluding carboxylic acids is 1. The second kappa shape index (κ2) is 7.31. The van der Waals surface area contributed by atoms with Crippen LogP contribution in [0.1, 0.15) is 54.4 Å². The molecule has 2 aliphatic heterocycles. The fourth-order valence-corrected chi connectivity index (χ4v) is 4.55. The summed E-state index contributed by atoms with van der Waals surface area (Å²) in [6, 6.07) is 3.44. The van der Waals surface area contributed by atoms with Crippen LogP contribution in [0.2, 0.25) is 0 Å². The number of anilines is 1. The van der Waals surface area contributed by atoms with E-state index in [0.717, 1.165) is 45.4 Å². The Hall–Kier alpha value is -2.41. The number of nitrogens with zero attached hydrogens (tertiary/aromatic N) is 4. The van der Waals surface area contributed by atoms with Crippen LogP contribution in [0.15, 0.2) is 24.7 Å². The molecule has 2 aliphatic rings. The van der Waals surface area contributed by atoms with Crippen LogP contribution in [0.5, 0.6) is 0 Å². The van der Waals surface area contributed by atoms with Gasteiger partial charge in [-0.1, -0.05) is 13.3 Å². The van der Waals surface area contributed by atoms with Gasteiger partial charge >= 0.3 is 0 Å². The number of carbonyl (C=O) groups is 1. The summed E-state index contributed by atoms with van der Waals surface area (Å²) in [6.07, 6.45) is 8.65. The minimum absolute atomic E-state index is 0.0375. The Labute approximate surface area is 160 Å². The number of nitrogens with one attached hydrogen (secondary N) is 1. The van der Waals surface area contributed by atoms with Crippen molar-refractivity contribution in [1.29, 1.82) is 0 Å². The zero-order valence-corrected chi connectivity index (χ0v) is 15.9. The average molecular weight is 368 g/mol. The van der Waals surface area contributed by atoms with E-state index in [0.29, 0.717) is 11.4 Å². The minimum Gasteiger partial charge on any atom is -0.384 e. The second-order valence-electron chi connectivity index (χ2n) is 7.62. The number of pyridine rings is 1. The first-order chi connectivity index (χ1) is 13.1. The molecular weight excluding hydrogens is 340 g/mol. The van der Waals surface area contributed by atoms with Gasteiger partial charge in [-0.15, -0.1) is 0 Å². The van der Waals surface area contributed by atoms with E-state index < -0.39 is 0 Å². The van der Waals surface area contributed by atoms with Gasteiger partial charge in [-0.25, -0.2) is 9.97 Å². The third-order valence-electron chi connectivity index (χ3n) is 6.09. The predicted octanol–water partition coefficient (Wildman–Crippen LogP) is 2.18. The van der Waals surface area contributed by atoms with E-state index in [4.69, 9.17) is 10.7 Å².